The summed E-state index contributed by atoms with van der Waals surface area (Å²) < 4.78 is 0.741. The number of halogens is 1. The Morgan fingerprint density at radius 3 is 2.71 bits per heavy atom. The van der Waals surface area contributed by atoms with Crippen LogP contribution in [0.4, 0.5) is 0 Å². The molecule has 0 aliphatic carbocycles. The number of hydrogen-bond donors (Lipinski definition) is 3. The van der Waals surface area contributed by atoms with Crippen LogP contribution in [0.25, 0.3) is 0 Å². The summed E-state index contributed by atoms with van der Waals surface area (Å²) in [6, 6.07) is 3.19. The van der Waals surface area contributed by atoms with Crippen LogP contribution in [0.5, 0.6) is 0 Å². The second-order valence-corrected chi connectivity index (χ2v) is 6.11. The highest BCUT2D eigenvalue weighted by Crippen LogP contribution is 2.24. The maximum Gasteiger partial charge on any atom is 0.230 e. The molecule has 17 heavy (non-hydrogen) atoms. The van der Waals surface area contributed by atoms with Crippen LogP contribution in [0.3, 0.4) is 0 Å². The fourth-order valence-corrected chi connectivity index (χ4v) is 3.13. The zero-order valence-corrected chi connectivity index (χ0v) is 11.4. The molecule has 3 N–H and O–H groups in total. The van der Waals surface area contributed by atoms with Gasteiger partial charge in [-0.05, 0) is 12.1 Å². The molecule has 0 bridgehead atoms. The molecule has 4 nitrogen and oxygen atoms in total. The van der Waals surface area contributed by atoms with Crippen LogP contribution >= 0.6 is 34.7 Å². The molecule has 0 spiro atoms. The van der Waals surface area contributed by atoms with Gasteiger partial charge in [0, 0.05) is 10.6 Å². The van der Waals surface area contributed by atoms with E-state index in [0.29, 0.717) is 5.75 Å². The molecule has 1 aromatic rings. The molecule has 0 fully saturated rings. The van der Waals surface area contributed by atoms with E-state index in [4.69, 9.17) is 21.8 Å². The molecule has 1 heterocycles. The minimum absolute atomic E-state index is 0.189. The number of aliphatic hydroxyl groups excluding tert-OH is 2. The van der Waals surface area contributed by atoms with Gasteiger partial charge in [0.05, 0.1) is 29.3 Å². The first-order valence-electron chi connectivity index (χ1n) is 4.98. The molecule has 7 heteroatoms. The molecule has 1 amide bonds. The number of carbonyl (C=O) groups excluding carboxylic acids is 1. The number of rotatable bonds is 7. The van der Waals surface area contributed by atoms with Crippen molar-refractivity contribution >= 4 is 40.6 Å². The van der Waals surface area contributed by atoms with E-state index >= 15 is 0 Å². The summed E-state index contributed by atoms with van der Waals surface area (Å²) in [5, 5.41) is 20.1. The Balaban J connectivity index is 2.20. The Labute approximate surface area is 113 Å². The van der Waals surface area contributed by atoms with Crippen molar-refractivity contribution in [2.24, 2.45) is 0 Å². The van der Waals surface area contributed by atoms with E-state index in [0.717, 1.165) is 15.0 Å². The standard InChI is InChI=1S/C10H14ClNO3S2/c11-9-2-1-8(17-9)5-16-6-10(15)12-7(3-13)4-14/h1-2,7,13-14H,3-6H2,(H,12,15). The van der Waals surface area contributed by atoms with E-state index in [1.165, 1.54) is 23.1 Å². The molecule has 0 aromatic carbocycles. The topological polar surface area (TPSA) is 69.6 Å². The molecule has 96 valence electrons. The highest BCUT2D eigenvalue weighted by atomic mass is 35.5. The van der Waals surface area contributed by atoms with Crippen molar-refractivity contribution in [2.75, 3.05) is 19.0 Å². The van der Waals surface area contributed by atoms with Crippen molar-refractivity contribution in [2.45, 2.75) is 11.8 Å². The molecule has 0 aliphatic rings. The Hall–Kier alpha value is -0.270. The smallest absolute Gasteiger partial charge is 0.230 e. The number of carbonyl (C=O) groups is 1. The Kier molecular flexibility index (Phi) is 6.91. The second-order valence-electron chi connectivity index (χ2n) is 3.33. The first-order valence-corrected chi connectivity index (χ1v) is 7.33. The zero-order chi connectivity index (χ0) is 12.7. The van der Waals surface area contributed by atoms with E-state index in [2.05, 4.69) is 5.32 Å². The van der Waals surface area contributed by atoms with Crippen molar-refractivity contribution in [3.8, 4) is 0 Å². The highest BCUT2D eigenvalue weighted by Gasteiger charge is 2.10. The summed E-state index contributed by atoms with van der Waals surface area (Å²) in [5.74, 6) is 0.838. The molecule has 0 saturated heterocycles. The SMILES string of the molecule is O=C(CSCc1ccc(Cl)s1)NC(CO)CO. The molecule has 0 saturated carbocycles. The second kappa shape index (κ2) is 7.94. The van der Waals surface area contributed by atoms with Crippen molar-refractivity contribution < 1.29 is 15.0 Å². The maximum absolute atomic E-state index is 11.4. The maximum atomic E-state index is 11.4. The lowest BCUT2D eigenvalue weighted by Crippen LogP contribution is -2.40. The molecule has 0 aliphatic heterocycles. The normalized spacial score (nSPS) is 10.8. The van der Waals surface area contributed by atoms with E-state index in [1.807, 2.05) is 12.1 Å². The quantitative estimate of drug-likeness (QED) is 0.705. The Morgan fingerprint density at radius 1 is 1.47 bits per heavy atom. The van der Waals surface area contributed by atoms with Gasteiger partial charge in [0.2, 0.25) is 5.91 Å². The predicted molar refractivity (Wildman–Crippen MR) is 71.6 cm³/mol. The van der Waals surface area contributed by atoms with Crippen molar-refractivity contribution in [1.29, 1.82) is 0 Å². The lowest BCUT2D eigenvalue weighted by molar-refractivity contribution is -0.119. The Bertz CT molecular complexity index is 355. The summed E-state index contributed by atoms with van der Waals surface area (Å²) in [6.45, 7) is -0.513. The molecule has 0 radical (unpaired) electrons. The zero-order valence-electron chi connectivity index (χ0n) is 9.06. The van der Waals surface area contributed by atoms with Gasteiger partial charge in [-0.1, -0.05) is 11.6 Å². The molecule has 1 aromatic heterocycles. The van der Waals surface area contributed by atoms with Crippen LogP contribution in [0.15, 0.2) is 12.1 Å². The van der Waals surface area contributed by atoms with Gasteiger partial charge in [-0.25, -0.2) is 0 Å². The first-order chi connectivity index (χ1) is 8.15. The van der Waals surface area contributed by atoms with Gasteiger partial charge in [0.25, 0.3) is 0 Å². The van der Waals surface area contributed by atoms with E-state index in [9.17, 15) is 4.79 Å². The molecule has 0 unspecified atom stereocenters. The number of thioether (sulfide) groups is 1. The number of thiophene rings is 1. The summed E-state index contributed by atoms with van der Waals surface area (Å²) in [4.78, 5) is 12.5. The van der Waals surface area contributed by atoms with E-state index in [-0.39, 0.29) is 19.1 Å². The average molecular weight is 296 g/mol. The third-order valence-electron chi connectivity index (χ3n) is 1.91. The highest BCUT2D eigenvalue weighted by molar-refractivity contribution is 7.99. The third-order valence-corrected chi connectivity index (χ3v) is 4.31. The van der Waals surface area contributed by atoms with Crippen molar-refractivity contribution in [3.05, 3.63) is 21.3 Å². The fraction of sp³-hybridized carbons (Fsp3) is 0.500. The summed E-state index contributed by atoms with van der Waals surface area (Å²) in [7, 11) is 0. The number of nitrogens with one attached hydrogen (secondary N) is 1. The lowest BCUT2D eigenvalue weighted by Gasteiger charge is -2.12. The summed E-state index contributed by atoms with van der Waals surface area (Å²) in [5.41, 5.74) is 0. The van der Waals surface area contributed by atoms with Crippen LogP contribution in [0.2, 0.25) is 4.34 Å². The van der Waals surface area contributed by atoms with Gasteiger partial charge < -0.3 is 15.5 Å². The summed E-state index contributed by atoms with van der Waals surface area (Å²) >= 11 is 8.75. The molecule has 0 atom stereocenters. The van der Waals surface area contributed by atoms with Gasteiger partial charge in [0.15, 0.2) is 0 Å². The number of aliphatic hydroxyl groups is 2. The molecular weight excluding hydrogens is 282 g/mol. The predicted octanol–water partition coefficient (Wildman–Crippen LogP) is 1.10. The van der Waals surface area contributed by atoms with Crippen molar-refractivity contribution in [1.82, 2.24) is 5.32 Å². The monoisotopic (exact) mass is 295 g/mol. The average Bonchev–Trinajstić information content (AvgIpc) is 2.72. The van der Waals surface area contributed by atoms with Crippen LogP contribution in [0, 0.1) is 0 Å². The van der Waals surface area contributed by atoms with Gasteiger partial charge in [0.1, 0.15) is 0 Å². The Morgan fingerprint density at radius 2 is 2.18 bits per heavy atom. The number of hydrogen-bond acceptors (Lipinski definition) is 5. The largest absolute Gasteiger partial charge is 0.394 e. The van der Waals surface area contributed by atoms with Gasteiger partial charge in [-0.2, -0.15) is 0 Å². The minimum atomic E-state index is -0.570. The third kappa shape index (κ3) is 5.74. The molecular formula is C10H14ClNO3S2. The van der Waals surface area contributed by atoms with Crippen LogP contribution in [-0.2, 0) is 10.5 Å². The molecule has 1 rings (SSSR count). The van der Waals surface area contributed by atoms with Crippen molar-refractivity contribution in [3.63, 3.8) is 0 Å². The number of amides is 1. The van der Waals surface area contributed by atoms with Gasteiger partial charge in [-0.15, -0.1) is 23.1 Å². The van der Waals surface area contributed by atoms with Gasteiger partial charge >= 0.3 is 0 Å². The van der Waals surface area contributed by atoms with Gasteiger partial charge in [-0.3, -0.25) is 4.79 Å². The van der Waals surface area contributed by atoms with Crippen LogP contribution in [-0.4, -0.2) is 41.1 Å². The first kappa shape index (κ1) is 14.8. The van der Waals surface area contributed by atoms with E-state index < -0.39 is 6.04 Å². The fourth-order valence-electron chi connectivity index (χ4n) is 1.09. The minimum Gasteiger partial charge on any atom is -0.394 e. The lowest BCUT2D eigenvalue weighted by atomic mass is 10.3. The van der Waals surface area contributed by atoms with Crippen LogP contribution in [0.1, 0.15) is 4.88 Å². The summed E-state index contributed by atoms with van der Waals surface area (Å²) in [6.07, 6.45) is 0. The van der Waals surface area contributed by atoms with E-state index in [1.54, 1.807) is 0 Å². The van der Waals surface area contributed by atoms with Crippen LogP contribution < -0.4 is 5.32 Å².